The minimum Gasteiger partial charge on any atom is -0.255 e. The van der Waals surface area contributed by atoms with Gasteiger partial charge in [0, 0.05) is 10.6 Å². The second-order valence-electron chi connectivity index (χ2n) is 10.0. The standard InChI is InChI=1S/C32H26ClNO2S/c1-21-13-19-25(20-14-21)37(35,36)34-31(23-9-5-4-6-10-23)29-27-12-8-7-11-26(27)28(30(29)32(34,2)3)22-15-17-24(33)18-16-22/h4-20H,1-3H3. The number of hydrogen-bond acceptors (Lipinski definition) is 2. The maximum absolute atomic E-state index is 14.4. The van der Waals surface area contributed by atoms with E-state index in [-0.39, 0.29) is 4.90 Å². The van der Waals surface area contributed by atoms with Crippen LogP contribution in [0.4, 0.5) is 0 Å². The summed E-state index contributed by atoms with van der Waals surface area (Å²) in [6.45, 7) is 5.97. The van der Waals surface area contributed by atoms with Gasteiger partial charge in [0.15, 0.2) is 0 Å². The smallest absolute Gasteiger partial charge is 0.255 e. The Balaban J connectivity index is 1.73. The van der Waals surface area contributed by atoms with Crippen molar-refractivity contribution in [2.75, 3.05) is 0 Å². The van der Waals surface area contributed by atoms with Gasteiger partial charge in [0.05, 0.1) is 16.1 Å². The lowest BCUT2D eigenvalue weighted by molar-refractivity contribution is 0.377. The van der Waals surface area contributed by atoms with Crippen molar-refractivity contribution < 1.29 is 8.42 Å². The van der Waals surface area contributed by atoms with Gasteiger partial charge in [-0.05, 0) is 78.4 Å². The van der Waals surface area contributed by atoms with Crippen LogP contribution < -0.4 is 0 Å². The van der Waals surface area contributed by atoms with Crippen LogP contribution in [0, 0.1) is 6.92 Å². The van der Waals surface area contributed by atoms with E-state index in [1.54, 1.807) is 16.4 Å². The molecule has 0 amide bonds. The van der Waals surface area contributed by atoms with E-state index in [2.05, 4.69) is 12.1 Å². The van der Waals surface area contributed by atoms with Gasteiger partial charge in [0.2, 0.25) is 0 Å². The number of benzene rings is 4. The summed E-state index contributed by atoms with van der Waals surface area (Å²) in [7, 11) is -3.90. The molecule has 0 saturated carbocycles. The molecule has 6 rings (SSSR count). The van der Waals surface area contributed by atoms with Gasteiger partial charge < -0.3 is 0 Å². The van der Waals surface area contributed by atoms with E-state index >= 15 is 0 Å². The molecule has 2 aliphatic rings. The minimum absolute atomic E-state index is 0.280. The molecule has 37 heavy (non-hydrogen) atoms. The lowest BCUT2D eigenvalue weighted by atomic mass is 9.87. The molecule has 184 valence electrons. The molecule has 1 aliphatic carbocycles. The summed E-state index contributed by atoms with van der Waals surface area (Å²) in [5.74, 6) is 0. The minimum atomic E-state index is -3.90. The number of fused-ring (bicyclic) bond motifs is 3. The molecule has 0 fully saturated rings. The average Bonchev–Trinajstić information content (AvgIpc) is 3.36. The van der Waals surface area contributed by atoms with Crippen molar-refractivity contribution in [3.63, 3.8) is 0 Å². The summed E-state index contributed by atoms with van der Waals surface area (Å²) in [4.78, 5) is 0.280. The third-order valence-corrected chi connectivity index (χ3v) is 9.50. The van der Waals surface area contributed by atoms with Crippen molar-refractivity contribution in [3.8, 4) is 0 Å². The largest absolute Gasteiger partial charge is 0.265 e. The van der Waals surface area contributed by atoms with Crippen LogP contribution in [0.2, 0.25) is 5.02 Å². The first-order chi connectivity index (χ1) is 17.7. The average molecular weight is 524 g/mol. The Morgan fingerprint density at radius 3 is 1.86 bits per heavy atom. The van der Waals surface area contributed by atoms with Crippen molar-refractivity contribution in [2.45, 2.75) is 31.2 Å². The first-order valence-electron chi connectivity index (χ1n) is 12.2. The Bertz CT molecular complexity index is 1700. The summed E-state index contributed by atoms with van der Waals surface area (Å²) >= 11 is 6.24. The first-order valence-corrected chi connectivity index (χ1v) is 14.1. The van der Waals surface area contributed by atoms with Gasteiger partial charge in [0.25, 0.3) is 10.0 Å². The van der Waals surface area contributed by atoms with Crippen molar-refractivity contribution in [1.82, 2.24) is 4.31 Å². The monoisotopic (exact) mass is 523 g/mol. The molecule has 1 heterocycles. The first kappa shape index (κ1) is 23.8. The SMILES string of the molecule is Cc1ccc(S(=O)(=O)N2C(c3ccccc3)=C3C(=C(c4ccc(Cl)cc4)c4ccccc43)C2(C)C)cc1. The molecule has 1 aliphatic heterocycles. The van der Waals surface area contributed by atoms with Gasteiger partial charge in [-0.3, -0.25) is 4.31 Å². The van der Waals surface area contributed by atoms with Crippen LogP contribution in [-0.2, 0) is 10.0 Å². The second-order valence-corrected chi connectivity index (χ2v) is 12.3. The Labute approximate surface area is 223 Å². The summed E-state index contributed by atoms with van der Waals surface area (Å²) in [6, 6.07) is 33.0. The number of nitrogens with zero attached hydrogens (tertiary/aromatic N) is 1. The number of aryl methyl sites for hydroxylation is 1. The van der Waals surface area contributed by atoms with Crippen molar-refractivity contribution in [2.24, 2.45) is 0 Å². The molecular formula is C32H26ClNO2S. The van der Waals surface area contributed by atoms with E-state index < -0.39 is 15.6 Å². The molecular weight excluding hydrogens is 498 g/mol. The fourth-order valence-electron chi connectivity index (χ4n) is 5.66. The van der Waals surface area contributed by atoms with Crippen LogP contribution in [0.5, 0.6) is 0 Å². The van der Waals surface area contributed by atoms with Crippen LogP contribution in [0.15, 0.2) is 114 Å². The van der Waals surface area contributed by atoms with E-state index in [0.717, 1.165) is 44.5 Å². The van der Waals surface area contributed by atoms with Gasteiger partial charge in [-0.25, -0.2) is 8.42 Å². The quantitative estimate of drug-likeness (QED) is 0.273. The summed E-state index contributed by atoms with van der Waals surface area (Å²) in [6.07, 6.45) is 0. The highest BCUT2D eigenvalue weighted by atomic mass is 35.5. The topological polar surface area (TPSA) is 37.4 Å². The third-order valence-electron chi connectivity index (χ3n) is 7.26. The predicted octanol–water partition coefficient (Wildman–Crippen LogP) is 7.82. The Hall–Kier alpha value is -3.60. The Morgan fingerprint density at radius 1 is 0.676 bits per heavy atom. The summed E-state index contributed by atoms with van der Waals surface area (Å²) in [5.41, 5.74) is 7.89. The highest BCUT2D eigenvalue weighted by Crippen LogP contribution is 2.60. The van der Waals surface area contributed by atoms with Crippen LogP contribution >= 0.6 is 11.6 Å². The molecule has 0 bridgehead atoms. The molecule has 0 aromatic heterocycles. The number of hydrogen-bond donors (Lipinski definition) is 0. The zero-order valence-corrected chi connectivity index (χ0v) is 22.4. The van der Waals surface area contributed by atoms with Crippen LogP contribution in [0.3, 0.4) is 0 Å². The highest BCUT2D eigenvalue weighted by Gasteiger charge is 2.53. The van der Waals surface area contributed by atoms with Gasteiger partial charge in [0.1, 0.15) is 0 Å². The van der Waals surface area contributed by atoms with Gasteiger partial charge in [-0.15, -0.1) is 0 Å². The van der Waals surface area contributed by atoms with Crippen molar-refractivity contribution in [3.05, 3.63) is 142 Å². The maximum Gasteiger partial charge on any atom is 0.265 e. The molecule has 0 N–H and O–H groups in total. The molecule has 4 aromatic carbocycles. The molecule has 4 aromatic rings. The van der Waals surface area contributed by atoms with Crippen LogP contribution in [0.25, 0.3) is 16.8 Å². The van der Waals surface area contributed by atoms with Gasteiger partial charge in [-0.1, -0.05) is 96.0 Å². The van der Waals surface area contributed by atoms with E-state index in [9.17, 15) is 8.42 Å². The number of rotatable bonds is 4. The molecule has 3 nitrogen and oxygen atoms in total. The predicted molar refractivity (Wildman–Crippen MR) is 151 cm³/mol. The Kier molecular flexibility index (Phi) is 5.45. The number of halogens is 1. The van der Waals surface area contributed by atoms with Gasteiger partial charge >= 0.3 is 0 Å². The molecule has 0 atom stereocenters. The molecule has 5 heteroatoms. The zero-order chi connectivity index (χ0) is 25.9. The lowest BCUT2D eigenvalue weighted by Crippen LogP contribution is -2.44. The van der Waals surface area contributed by atoms with Crippen molar-refractivity contribution in [1.29, 1.82) is 0 Å². The third kappa shape index (κ3) is 3.58. The van der Waals surface area contributed by atoms with E-state index in [4.69, 9.17) is 11.6 Å². The Morgan fingerprint density at radius 2 is 1.24 bits per heavy atom. The van der Waals surface area contributed by atoms with E-state index in [0.29, 0.717) is 10.7 Å². The van der Waals surface area contributed by atoms with Crippen LogP contribution in [-0.4, -0.2) is 18.3 Å². The fraction of sp³-hybridized carbons (Fsp3) is 0.125. The number of sulfonamides is 1. The summed E-state index contributed by atoms with van der Waals surface area (Å²) < 4.78 is 30.5. The van der Waals surface area contributed by atoms with E-state index in [1.165, 1.54) is 0 Å². The zero-order valence-electron chi connectivity index (χ0n) is 20.9. The molecule has 0 saturated heterocycles. The summed E-state index contributed by atoms with van der Waals surface area (Å²) in [5, 5.41) is 0.663. The molecule has 0 spiro atoms. The maximum atomic E-state index is 14.4. The second kappa shape index (κ2) is 8.47. The van der Waals surface area contributed by atoms with Crippen molar-refractivity contribution >= 4 is 38.5 Å². The normalized spacial score (nSPS) is 16.3. The molecule has 0 radical (unpaired) electrons. The van der Waals surface area contributed by atoms with Gasteiger partial charge in [-0.2, -0.15) is 0 Å². The highest BCUT2D eigenvalue weighted by molar-refractivity contribution is 7.89. The van der Waals surface area contributed by atoms with E-state index in [1.807, 2.05) is 99.6 Å². The lowest BCUT2D eigenvalue weighted by Gasteiger charge is -2.36. The van der Waals surface area contributed by atoms with Crippen LogP contribution in [0.1, 0.15) is 41.7 Å². The fourth-order valence-corrected chi connectivity index (χ4v) is 7.61. The molecule has 0 unspecified atom stereocenters.